The molecule has 17 rings (SSSR count). The van der Waals surface area contributed by atoms with Crippen molar-refractivity contribution in [2.75, 3.05) is 0 Å². The highest BCUT2D eigenvalue weighted by molar-refractivity contribution is 6.13. The van der Waals surface area contributed by atoms with Gasteiger partial charge >= 0.3 is 0 Å². The van der Waals surface area contributed by atoms with Gasteiger partial charge in [-0.3, -0.25) is 0 Å². The molecule has 0 aliphatic carbocycles. The summed E-state index contributed by atoms with van der Waals surface area (Å²) in [5.41, 5.74) is 19.3. The SMILES string of the molecule is c1cc(-c2cccc3c(-c4ccc5ccc6ccccc6c5c4)cccc23)cc(C(c2ccc(-c3ccccc3-n3c4ccccc4c4ccccc43)cc2)c2cccc(-c3cccc4c(-c5ccc6ccc7ccccc7c6c5)cccc34)c2)c1. The molecule has 0 saturated carbocycles. The van der Waals surface area contributed by atoms with Gasteiger partial charge in [0, 0.05) is 22.3 Å². The molecule has 86 heavy (non-hydrogen) atoms. The van der Waals surface area contributed by atoms with Crippen LogP contribution in [0.2, 0.25) is 0 Å². The molecule has 1 heteroatoms. The number of hydrogen-bond acceptors (Lipinski definition) is 0. The second-order valence-corrected chi connectivity index (χ2v) is 23.1. The van der Waals surface area contributed by atoms with E-state index in [1.807, 2.05) is 0 Å². The highest BCUT2D eigenvalue weighted by Crippen LogP contribution is 2.44. The molecule has 0 saturated heterocycles. The molecule has 0 N–H and O–H groups in total. The van der Waals surface area contributed by atoms with Crippen molar-refractivity contribution in [1.29, 1.82) is 0 Å². The van der Waals surface area contributed by atoms with Gasteiger partial charge in [-0.05, 0) is 162 Å². The van der Waals surface area contributed by atoms with Gasteiger partial charge in [-0.2, -0.15) is 0 Å². The largest absolute Gasteiger partial charge is 0.309 e. The van der Waals surface area contributed by atoms with Crippen molar-refractivity contribution in [3.63, 3.8) is 0 Å². The van der Waals surface area contributed by atoms with Crippen molar-refractivity contribution in [2.45, 2.75) is 5.92 Å². The fourth-order valence-corrected chi connectivity index (χ4v) is 14.3. The summed E-state index contributed by atoms with van der Waals surface area (Å²) in [6.07, 6.45) is 0. The van der Waals surface area contributed by atoms with Gasteiger partial charge in [0.05, 0.1) is 16.7 Å². The minimum Gasteiger partial charge on any atom is -0.309 e. The molecular weight excluding hydrogens is 1030 g/mol. The van der Waals surface area contributed by atoms with E-state index in [0.717, 1.165) is 5.69 Å². The van der Waals surface area contributed by atoms with E-state index in [1.54, 1.807) is 0 Å². The van der Waals surface area contributed by atoms with Crippen molar-refractivity contribution in [1.82, 2.24) is 4.57 Å². The summed E-state index contributed by atoms with van der Waals surface area (Å²) < 4.78 is 2.44. The van der Waals surface area contributed by atoms with Gasteiger partial charge in [0.15, 0.2) is 0 Å². The minimum absolute atomic E-state index is 0.0903. The van der Waals surface area contributed by atoms with Crippen molar-refractivity contribution in [3.05, 3.63) is 344 Å². The lowest BCUT2D eigenvalue weighted by molar-refractivity contribution is 0.979. The van der Waals surface area contributed by atoms with Crippen LogP contribution in [-0.2, 0) is 0 Å². The van der Waals surface area contributed by atoms with Gasteiger partial charge in [0.2, 0.25) is 0 Å². The van der Waals surface area contributed by atoms with Gasteiger partial charge in [-0.25, -0.2) is 0 Å². The van der Waals surface area contributed by atoms with Crippen LogP contribution < -0.4 is 0 Å². The quantitative estimate of drug-likeness (QED) is 0.100. The number of nitrogens with zero attached hydrogens (tertiary/aromatic N) is 1. The molecule has 0 spiro atoms. The van der Waals surface area contributed by atoms with E-state index < -0.39 is 0 Å². The summed E-state index contributed by atoms with van der Waals surface area (Å²) in [4.78, 5) is 0. The monoisotopic (exact) mass is 1090 g/mol. The van der Waals surface area contributed by atoms with Crippen LogP contribution in [0.25, 0.3) is 148 Å². The van der Waals surface area contributed by atoms with Crippen molar-refractivity contribution in [3.8, 4) is 61.3 Å². The maximum atomic E-state index is 2.45. The molecule has 0 fully saturated rings. The lowest BCUT2D eigenvalue weighted by atomic mass is 9.82. The van der Waals surface area contributed by atoms with Crippen LogP contribution in [0.5, 0.6) is 0 Å². The van der Waals surface area contributed by atoms with E-state index in [-0.39, 0.29) is 5.92 Å². The molecule has 16 aromatic carbocycles. The van der Waals surface area contributed by atoms with Crippen LogP contribution >= 0.6 is 0 Å². The first kappa shape index (κ1) is 49.5. The zero-order valence-electron chi connectivity index (χ0n) is 47.2. The van der Waals surface area contributed by atoms with Crippen molar-refractivity contribution in [2.24, 2.45) is 0 Å². The maximum absolute atomic E-state index is 2.45. The van der Waals surface area contributed by atoms with Gasteiger partial charge < -0.3 is 4.57 Å². The van der Waals surface area contributed by atoms with Gasteiger partial charge in [0.1, 0.15) is 0 Å². The molecule has 17 aromatic rings. The molecule has 1 nitrogen and oxygen atoms in total. The zero-order chi connectivity index (χ0) is 56.7. The predicted octanol–water partition coefficient (Wildman–Crippen LogP) is 23.2. The van der Waals surface area contributed by atoms with E-state index in [0.29, 0.717) is 0 Å². The summed E-state index contributed by atoms with van der Waals surface area (Å²) in [7, 11) is 0. The van der Waals surface area contributed by atoms with Crippen LogP contribution in [0.15, 0.2) is 328 Å². The van der Waals surface area contributed by atoms with E-state index in [1.165, 1.54) is 159 Å². The topological polar surface area (TPSA) is 4.93 Å². The summed E-state index contributed by atoms with van der Waals surface area (Å²) in [6, 6.07) is 122. The Morgan fingerprint density at radius 1 is 0.186 bits per heavy atom. The normalized spacial score (nSPS) is 11.8. The lowest BCUT2D eigenvalue weighted by Crippen LogP contribution is -2.04. The predicted molar refractivity (Wildman–Crippen MR) is 367 cm³/mol. The van der Waals surface area contributed by atoms with Gasteiger partial charge in [0.25, 0.3) is 0 Å². The van der Waals surface area contributed by atoms with E-state index in [2.05, 4.69) is 332 Å². The molecule has 400 valence electrons. The second-order valence-electron chi connectivity index (χ2n) is 23.1. The number of aromatic nitrogens is 1. The van der Waals surface area contributed by atoms with Crippen LogP contribution in [0, 0.1) is 0 Å². The van der Waals surface area contributed by atoms with Crippen LogP contribution in [0.1, 0.15) is 22.6 Å². The number of benzene rings is 16. The third kappa shape index (κ3) is 8.23. The number of fused-ring (bicyclic) bond motifs is 11. The fraction of sp³-hybridized carbons (Fsp3) is 0.0118. The summed E-state index contributed by atoms with van der Waals surface area (Å²) in [5.74, 6) is -0.0903. The average Bonchev–Trinajstić information content (AvgIpc) is 3.20. The molecule has 0 radical (unpaired) electrons. The zero-order valence-corrected chi connectivity index (χ0v) is 47.2. The first-order chi connectivity index (χ1) is 42.6. The summed E-state index contributed by atoms with van der Waals surface area (Å²) >= 11 is 0. The third-order valence-electron chi connectivity index (χ3n) is 18.3. The van der Waals surface area contributed by atoms with Crippen LogP contribution in [0.3, 0.4) is 0 Å². The number of rotatable bonds is 9. The van der Waals surface area contributed by atoms with Crippen molar-refractivity contribution < 1.29 is 0 Å². The molecule has 0 aliphatic rings. The highest BCUT2D eigenvalue weighted by atomic mass is 15.0. The molecule has 0 atom stereocenters. The Morgan fingerprint density at radius 2 is 0.523 bits per heavy atom. The Balaban J connectivity index is 0.800. The highest BCUT2D eigenvalue weighted by Gasteiger charge is 2.22. The van der Waals surface area contributed by atoms with Crippen LogP contribution in [-0.4, -0.2) is 4.57 Å². The molecule has 0 bridgehead atoms. The Bertz CT molecular complexity index is 5250. The van der Waals surface area contributed by atoms with Gasteiger partial charge in [-0.15, -0.1) is 0 Å². The van der Waals surface area contributed by atoms with E-state index in [4.69, 9.17) is 0 Å². The minimum atomic E-state index is -0.0903. The van der Waals surface area contributed by atoms with Gasteiger partial charge in [-0.1, -0.05) is 297 Å². The third-order valence-corrected chi connectivity index (χ3v) is 18.3. The van der Waals surface area contributed by atoms with E-state index >= 15 is 0 Å². The second kappa shape index (κ2) is 20.3. The molecule has 0 unspecified atom stereocenters. The summed E-state index contributed by atoms with van der Waals surface area (Å²) in [6.45, 7) is 0. The Kier molecular flexibility index (Phi) is 11.7. The molecule has 0 aliphatic heterocycles. The molecule has 0 amide bonds. The van der Waals surface area contributed by atoms with Crippen LogP contribution in [0.4, 0.5) is 0 Å². The first-order valence-corrected chi connectivity index (χ1v) is 29.9. The Hall–Kier alpha value is -11.1. The standard InChI is InChI=1S/C85H55N/c1-3-23-67-55(17-1)39-41-58-45-49-63(53-80(58)67)71-30-15-32-74-69(28-13-34-76(71)74)61-19-11-21-65(51-61)85(60-47-43-57(44-48-60)73-25-5-8-36-82(73)86-83-37-9-6-26-78(83)79-27-7-10-38-84(79)86)66-22-12-20-62(52-66)70-29-14-35-77-72(31-16-33-75(70)77)64-50-46-59-42-40-56-18-2-4-24-68(56)81(59)54-64/h1-54,85H. The first-order valence-electron chi connectivity index (χ1n) is 29.9. The molecule has 1 aromatic heterocycles. The number of hydrogen-bond donors (Lipinski definition) is 0. The lowest BCUT2D eigenvalue weighted by Gasteiger charge is -2.22. The maximum Gasteiger partial charge on any atom is 0.0541 e. The Labute approximate surface area is 499 Å². The fourth-order valence-electron chi connectivity index (χ4n) is 14.3. The average molecular weight is 1090 g/mol. The number of para-hydroxylation sites is 3. The Morgan fingerprint density at radius 3 is 1.00 bits per heavy atom. The smallest absolute Gasteiger partial charge is 0.0541 e. The van der Waals surface area contributed by atoms with Crippen molar-refractivity contribution >= 4 is 86.4 Å². The summed E-state index contributed by atoms with van der Waals surface area (Å²) in [5, 5.41) is 17.6. The molecule has 1 heterocycles. The molecular formula is C85H55N. The van der Waals surface area contributed by atoms with E-state index in [9.17, 15) is 0 Å².